The molecule has 3 unspecified atom stereocenters. The van der Waals surface area contributed by atoms with Crippen molar-refractivity contribution in [1.82, 2.24) is 30.2 Å². The maximum atomic E-state index is 11.5. The van der Waals surface area contributed by atoms with Gasteiger partial charge in [-0.3, -0.25) is 9.69 Å². The second-order valence-corrected chi connectivity index (χ2v) is 6.14. The third-order valence-electron chi connectivity index (χ3n) is 4.32. The molecule has 10 nitrogen and oxygen atoms in total. The number of ether oxygens (including phenoxy) is 2. The van der Waals surface area contributed by atoms with Gasteiger partial charge in [0.1, 0.15) is 24.4 Å². The molecular weight excluding hydrogens is 340 g/mol. The molecule has 0 bridgehead atoms. The summed E-state index contributed by atoms with van der Waals surface area (Å²) in [4.78, 5) is 28.3. The Labute approximate surface area is 150 Å². The molecule has 4 N–H and O–H groups in total. The fraction of sp³-hybridized carbons (Fsp3) is 0.562. The molecule has 0 aromatic carbocycles. The Bertz CT molecular complexity index is 626. The first-order chi connectivity index (χ1) is 12.7. The van der Waals surface area contributed by atoms with Crippen molar-refractivity contribution in [1.29, 1.82) is 0 Å². The molecule has 3 heterocycles. The molecule has 0 spiro atoms. The standard InChI is InChI=1S/C16H24N6O4/c1-25-10-15(23)21-6-12-16(24)11(9-26-12)22(7-13-17-2-3-18-13)8-14-19-4-5-20-14/h2-5,11-12,16,24H,6-10H2,1H3,(H,17,18)(H,19,20)(H,21,23). The van der Waals surface area contributed by atoms with Gasteiger partial charge in [0.25, 0.3) is 0 Å². The van der Waals surface area contributed by atoms with Gasteiger partial charge in [-0.2, -0.15) is 0 Å². The molecule has 1 aliphatic heterocycles. The normalized spacial score (nSPS) is 22.8. The van der Waals surface area contributed by atoms with Crippen LogP contribution in [0.5, 0.6) is 0 Å². The molecule has 2 aromatic heterocycles. The molecule has 26 heavy (non-hydrogen) atoms. The number of aromatic amines is 2. The van der Waals surface area contributed by atoms with Gasteiger partial charge >= 0.3 is 0 Å². The minimum Gasteiger partial charge on any atom is -0.389 e. The molecule has 1 amide bonds. The first-order valence-corrected chi connectivity index (χ1v) is 8.43. The van der Waals surface area contributed by atoms with Crippen molar-refractivity contribution in [2.75, 3.05) is 26.9 Å². The van der Waals surface area contributed by atoms with Crippen LogP contribution in [0.3, 0.4) is 0 Å². The Morgan fingerprint density at radius 2 is 2.00 bits per heavy atom. The van der Waals surface area contributed by atoms with Crippen molar-refractivity contribution in [3.8, 4) is 0 Å². The average Bonchev–Trinajstić information content (AvgIpc) is 3.36. The Balaban J connectivity index is 1.63. The first-order valence-electron chi connectivity index (χ1n) is 8.43. The van der Waals surface area contributed by atoms with Crippen LogP contribution in [0.15, 0.2) is 24.8 Å². The summed E-state index contributed by atoms with van der Waals surface area (Å²) >= 11 is 0. The van der Waals surface area contributed by atoms with Gasteiger partial charge in [0.05, 0.1) is 31.8 Å². The zero-order valence-electron chi connectivity index (χ0n) is 14.6. The van der Waals surface area contributed by atoms with Crippen molar-refractivity contribution in [3.63, 3.8) is 0 Å². The lowest BCUT2D eigenvalue weighted by Crippen LogP contribution is -2.47. The van der Waals surface area contributed by atoms with E-state index in [0.717, 1.165) is 11.6 Å². The van der Waals surface area contributed by atoms with Gasteiger partial charge in [-0.05, 0) is 0 Å². The highest BCUT2D eigenvalue weighted by Gasteiger charge is 2.39. The smallest absolute Gasteiger partial charge is 0.246 e. The minimum absolute atomic E-state index is 0.0185. The highest BCUT2D eigenvalue weighted by atomic mass is 16.5. The number of rotatable bonds is 9. The van der Waals surface area contributed by atoms with E-state index in [1.807, 2.05) is 0 Å². The van der Waals surface area contributed by atoms with Gasteiger partial charge in [0, 0.05) is 38.4 Å². The molecular formula is C16H24N6O4. The summed E-state index contributed by atoms with van der Waals surface area (Å²) < 4.78 is 10.5. The van der Waals surface area contributed by atoms with Crippen molar-refractivity contribution in [2.24, 2.45) is 0 Å². The molecule has 142 valence electrons. The van der Waals surface area contributed by atoms with Crippen LogP contribution in [-0.2, 0) is 27.4 Å². The zero-order valence-corrected chi connectivity index (χ0v) is 14.6. The molecule has 3 atom stereocenters. The number of carbonyl (C=O) groups is 1. The summed E-state index contributed by atoms with van der Waals surface area (Å²) in [5.41, 5.74) is 0. The average molecular weight is 364 g/mol. The van der Waals surface area contributed by atoms with E-state index in [1.54, 1.807) is 24.8 Å². The lowest BCUT2D eigenvalue weighted by Gasteiger charge is -2.29. The molecule has 2 aromatic rings. The lowest BCUT2D eigenvalue weighted by atomic mass is 10.1. The number of nitrogens with one attached hydrogen (secondary N) is 3. The molecule has 1 aliphatic rings. The molecule has 1 fully saturated rings. The number of aliphatic hydroxyl groups is 1. The van der Waals surface area contributed by atoms with E-state index in [9.17, 15) is 9.90 Å². The van der Waals surface area contributed by atoms with Gasteiger partial charge in [-0.1, -0.05) is 0 Å². The topological polar surface area (TPSA) is 128 Å². The van der Waals surface area contributed by atoms with Crippen molar-refractivity contribution in [2.45, 2.75) is 31.3 Å². The van der Waals surface area contributed by atoms with Gasteiger partial charge in [0.2, 0.25) is 5.91 Å². The monoisotopic (exact) mass is 364 g/mol. The molecule has 1 saturated heterocycles. The Hall–Kier alpha value is -2.27. The maximum absolute atomic E-state index is 11.5. The fourth-order valence-corrected chi connectivity index (χ4v) is 3.01. The Morgan fingerprint density at radius 1 is 1.35 bits per heavy atom. The molecule has 3 rings (SSSR count). The van der Waals surface area contributed by atoms with Gasteiger partial charge in [0.15, 0.2) is 0 Å². The van der Waals surface area contributed by atoms with E-state index >= 15 is 0 Å². The van der Waals surface area contributed by atoms with Gasteiger partial charge in [-0.15, -0.1) is 0 Å². The summed E-state index contributed by atoms with van der Waals surface area (Å²) in [5.74, 6) is 1.34. The summed E-state index contributed by atoms with van der Waals surface area (Å²) in [6, 6.07) is -0.241. The number of nitrogens with zero attached hydrogens (tertiary/aromatic N) is 3. The van der Waals surface area contributed by atoms with Crippen molar-refractivity contribution in [3.05, 3.63) is 36.4 Å². The van der Waals surface area contributed by atoms with Crippen LogP contribution in [0.2, 0.25) is 0 Å². The van der Waals surface area contributed by atoms with E-state index < -0.39 is 12.2 Å². The van der Waals surface area contributed by atoms with E-state index in [4.69, 9.17) is 9.47 Å². The molecule has 10 heteroatoms. The van der Waals surface area contributed by atoms with E-state index in [1.165, 1.54) is 7.11 Å². The zero-order chi connectivity index (χ0) is 18.4. The lowest BCUT2D eigenvalue weighted by molar-refractivity contribution is -0.125. The van der Waals surface area contributed by atoms with Crippen LogP contribution >= 0.6 is 0 Å². The summed E-state index contributed by atoms with van der Waals surface area (Å²) in [6.07, 6.45) is 5.68. The number of imidazole rings is 2. The van der Waals surface area contributed by atoms with E-state index in [0.29, 0.717) is 19.7 Å². The number of hydrogen-bond acceptors (Lipinski definition) is 7. The molecule has 0 aliphatic carbocycles. The summed E-state index contributed by atoms with van der Waals surface area (Å²) in [6.45, 7) is 1.60. The summed E-state index contributed by atoms with van der Waals surface area (Å²) in [7, 11) is 1.46. The minimum atomic E-state index is -0.747. The number of H-pyrrole nitrogens is 2. The first kappa shape index (κ1) is 18.5. The van der Waals surface area contributed by atoms with Crippen LogP contribution in [0.25, 0.3) is 0 Å². The second-order valence-electron chi connectivity index (χ2n) is 6.14. The SMILES string of the molecule is COCC(=O)NCC1OCC(N(Cc2ncc[nH]2)Cc2ncc[nH]2)C1O. The largest absolute Gasteiger partial charge is 0.389 e. The van der Waals surface area contributed by atoms with Crippen LogP contribution < -0.4 is 5.32 Å². The number of carbonyl (C=O) groups excluding carboxylic acids is 1. The van der Waals surface area contributed by atoms with E-state index in [-0.39, 0.29) is 25.1 Å². The number of hydrogen-bond donors (Lipinski definition) is 4. The predicted molar refractivity (Wildman–Crippen MR) is 90.8 cm³/mol. The van der Waals surface area contributed by atoms with Crippen LogP contribution in [0.1, 0.15) is 11.6 Å². The maximum Gasteiger partial charge on any atom is 0.246 e. The summed E-state index contributed by atoms with van der Waals surface area (Å²) in [5, 5.41) is 13.4. The van der Waals surface area contributed by atoms with Crippen LogP contribution in [-0.4, -0.2) is 81.0 Å². The number of aliphatic hydroxyl groups excluding tert-OH is 1. The number of methoxy groups -OCH3 is 1. The molecule has 0 radical (unpaired) electrons. The highest BCUT2D eigenvalue weighted by Crippen LogP contribution is 2.22. The van der Waals surface area contributed by atoms with Crippen LogP contribution in [0.4, 0.5) is 0 Å². The Kier molecular flexibility index (Phi) is 6.34. The Morgan fingerprint density at radius 3 is 2.54 bits per heavy atom. The third kappa shape index (κ3) is 4.67. The quantitative estimate of drug-likeness (QED) is 0.450. The van der Waals surface area contributed by atoms with Crippen molar-refractivity contribution < 1.29 is 19.4 Å². The number of aromatic nitrogens is 4. The highest BCUT2D eigenvalue weighted by molar-refractivity contribution is 5.77. The fourth-order valence-electron chi connectivity index (χ4n) is 3.01. The van der Waals surface area contributed by atoms with Crippen molar-refractivity contribution >= 4 is 5.91 Å². The van der Waals surface area contributed by atoms with Crippen LogP contribution in [0, 0.1) is 0 Å². The number of amides is 1. The predicted octanol–water partition coefficient (Wildman–Crippen LogP) is -0.974. The van der Waals surface area contributed by atoms with Gasteiger partial charge < -0.3 is 29.9 Å². The van der Waals surface area contributed by atoms with E-state index in [2.05, 4.69) is 30.2 Å². The second kappa shape index (κ2) is 8.90. The molecule has 0 saturated carbocycles. The third-order valence-corrected chi connectivity index (χ3v) is 4.32. The van der Waals surface area contributed by atoms with Gasteiger partial charge in [-0.25, -0.2) is 9.97 Å².